The van der Waals surface area contributed by atoms with Crippen molar-refractivity contribution in [2.24, 2.45) is 5.73 Å². The first-order chi connectivity index (χ1) is 7.29. The molecular weight excluding hydrogens is 192 g/mol. The minimum absolute atomic E-state index is 0.119. The molecule has 2 rings (SSSR count). The van der Waals surface area contributed by atoms with E-state index >= 15 is 0 Å². The Balaban J connectivity index is 2.09. The molecule has 1 aliphatic heterocycles. The monoisotopic (exact) mass is 208 g/mol. The van der Waals surface area contributed by atoms with Crippen molar-refractivity contribution < 1.29 is 4.74 Å². The van der Waals surface area contributed by atoms with E-state index in [9.17, 15) is 0 Å². The highest BCUT2D eigenvalue weighted by Gasteiger charge is 2.20. The van der Waals surface area contributed by atoms with Gasteiger partial charge in [0, 0.05) is 31.4 Å². The van der Waals surface area contributed by atoms with Crippen molar-refractivity contribution in [2.75, 3.05) is 31.1 Å². The summed E-state index contributed by atoms with van der Waals surface area (Å²) in [5, 5.41) is 0. The summed E-state index contributed by atoms with van der Waals surface area (Å²) in [5.41, 5.74) is 6.57. The van der Waals surface area contributed by atoms with Gasteiger partial charge < -0.3 is 15.4 Å². The van der Waals surface area contributed by atoms with Crippen LogP contribution >= 0.6 is 0 Å². The minimum Gasteiger partial charge on any atom is -0.373 e. The predicted molar refractivity (Wildman–Crippen MR) is 57.8 cm³/mol. The number of hydrogen-bond donors (Lipinski definition) is 1. The van der Waals surface area contributed by atoms with Crippen molar-refractivity contribution >= 4 is 5.82 Å². The summed E-state index contributed by atoms with van der Waals surface area (Å²) in [5.74, 6) is 0.962. The lowest BCUT2D eigenvalue weighted by Crippen LogP contribution is -2.46. The number of hydrogen-bond acceptors (Lipinski definition) is 5. The number of anilines is 1. The van der Waals surface area contributed by atoms with Gasteiger partial charge in [-0.2, -0.15) is 0 Å². The molecule has 82 valence electrons. The molecule has 1 fully saturated rings. The summed E-state index contributed by atoms with van der Waals surface area (Å²) in [6.07, 6.45) is 1.71. The molecule has 1 unspecified atom stereocenters. The molecule has 0 amide bonds. The van der Waals surface area contributed by atoms with Crippen LogP contribution in [0.15, 0.2) is 12.4 Å². The highest BCUT2D eigenvalue weighted by Crippen LogP contribution is 2.14. The molecule has 0 aliphatic carbocycles. The van der Waals surface area contributed by atoms with Crippen molar-refractivity contribution in [3.63, 3.8) is 0 Å². The Hall–Kier alpha value is -1.20. The van der Waals surface area contributed by atoms with Crippen LogP contribution in [0.25, 0.3) is 0 Å². The number of ether oxygens (including phenoxy) is 1. The summed E-state index contributed by atoms with van der Waals surface area (Å²) in [6.45, 7) is 4.91. The van der Waals surface area contributed by atoms with Gasteiger partial charge in [-0.1, -0.05) is 0 Å². The van der Waals surface area contributed by atoms with Crippen LogP contribution in [0.2, 0.25) is 0 Å². The first-order valence-electron chi connectivity index (χ1n) is 5.15. The Kier molecular flexibility index (Phi) is 3.13. The van der Waals surface area contributed by atoms with Gasteiger partial charge in [-0.05, 0) is 6.92 Å². The van der Waals surface area contributed by atoms with Crippen LogP contribution in [-0.2, 0) is 4.74 Å². The molecule has 5 heteroatoms. The Morgan fingerprint density at radius 2 is 2.47 bits per heavy atom. The van der Waals surface area contributed by atoms with Gasteiger partial charge in [-0.3, -0.25) is 0 Å². The number of aryl methyl sites for hydroxylation is 1. The molecule has 0 radical (unpaired) electrons. The van der Waals surface area contributed by atoms with Crippen molar-refractivity contribution in [1.82, 2.24) is 9.97 Å². The van der Waals surface area contributed by atoms with E-state index in [4.69, 9.17) is 10.5 Å². The second-order valence-corrected chi connectivity index (χ2v) is 3.69. The lowest BCUT2D eigenvalue weighted by atomic mass is 10.2. The van der Waals surface area contributed by atoms with E-state index in [2.05, 4.69) is 14.9 Å². The summed E-state index contributed by atoms with van der Waals surface area (Å²) in [6, 6.07) is 1.99. The van der Waals surface area contributed by atoms with Crippen molar-refractivity contribution in [3.8, 4) is 0 Å². The summed E-state index contributed by atoms with van der Waals surface area (Å²) in [7, 11) is 0. The first kappa shape index (κ1) is 10.3. The van der Waals surface area contributed by atoms with Gasteiger partial charge >= 0.3 is 0 Å². The average molecular weight is 208 g/mol. The minimum atomic E-state index is 0.119. The maximum atomic E-state index is 5.59. The van der Waals surface area contributed by atoms with Crippen LogP contribution in [0.4, 0.5) is 5.82 Å². The Morgan fingerprint density at radius 3 is 3.20 bits per heavy atom. The second kappa shape index (κ2) is 4.55. The molecule has 0 spiro atoms. The molecule has 1 aromatic rings. The van der Waals surface area contributed by atoms with Gasteiger partial charge in [0.2, 0.25) is 0 Å². The maximum absolute atomic E-state index is 5.59. The molecule has 0 bridgehead atoms. The number of morpholine rings is 1. The van der Waals surface area contributed by atoms with Gasteiger partial charge in [-0.25, -0.2) is 9.97 Å². The molecule has 1 aromatic heterocycles. The van der Waals surface area contributed by atoms with Gasteiger partial charge in [0.15, 0.2) is 0 Å². The fourth-order valence-electron chi connectivity index (χ4n) is 1.68. The zero-order chi connectivity index (χ0) is 10.7. The lowest BCUT2D eigenvalue weighted by Gasteiger charge is -2.33. The molecular formula is C10H16N4O. The van der Waals surface area contributed by atoms with E-state index in [0.717, 1.165) is 24.6 Å². The van der Waals surface area contributed by atoms with Crippen LogP contribution < -0.4 is 10.6 Å². The molecule has 2 heterocycles. The topological polar surface area (TPSA) is 64.3 Å². The highest BCUT2D eigenvalue weighted by molar-refractivity contribution is 5.39. The summed E-state index contributed by atoms with van der Waals surface area (Å²) >= 11 is 0. The van der Waals surface area contributed by atoms with Crippen LogP contribution in [0.5, 0.6) is 0 Å². The largest absolute Gasteiger partial charge is 0.373 e. The van der Waals surface area contributed by atoms with Crippen LogP contribution in [0, 0.1) is 6.92 Å². The standard InChI is InChI=1S/C10H16N4O/c1-8-4-10(13-7-12-8)14-2-3-15-9(5-11)6-14/h4,7,9H,2-3,5-6,11H2,1H3. The predicted octanol–water partition coefficient (Wildman–Crippen LogP) is -0.0511. The highest BCUT2D eigenvalue weighted by atomic mass is 16.5. The quantitative estimate of drug-likeness (QED) is 0.738. The Bertz CT molecular complexity index is 331. The zero-order valence-electron chi connectivity index (χ0n) is 8.89. The van der Waals surface area contributed by atoms with Crippen LogP contribution in [0.1, 0.15) is 5.69 Å². The van der Waals surface area contributed by atoms with E-state index in [1.54, 1.807) is 6.33 Å². The Morgan fingerprint density at radius 1 is 1.60 bits per heavy atom. The fourth-order valence-corrected chi connectivity index (χ4v) is 1.68. The number of aromatic nitrogens is 2. The number of rotatable bonds is 2. The third-order valence-electron chi connectivity index (χ3n) is 2.52. The van der Waals surface area contributed by atoms with Gasteiger partial charge in [-0.15, -0.1) is 0 Å². The molecule has 0 aromatic carbocycles. The molecule has 1 aliphatic rings. The van der Waals surface area contributed by atoms with Crippen LogP contribution in [0.3, 0.4) is 0 Å². The molecule has 1 atom stereocenters. The second-order valence-electron chi connectivity index (χ2n) is 3.69. The first-order valence-corrected chi connectivity index (χ1v) is 5.15. The Labute approximate surface area is 89.3 Å². The van der Waals surface area contributed by atoms with E-state index in [-0.39, 0.29) is 6.10 Å². The van der Waals surface area contributed by atoms with Crippen molar-refractivity contribution in [3.05, 3.63) is 18.1 Å². The van der Waals surface area contributed by atoms with Gasteiger partial charge in [0.05, 0.1) is 12.7 Å². The third kappa shape index (κ3) is 2.43. The van der Waals surface area contributed by atoms with E-state index in [1.807, 2.05) is 13.0 Å². The fraction of sp³-hybridized carbons (Fsp3) is 0.600. The maximum Gasteiger partial charge on any atom is 0.132 e. The molecule has 2 N–H and O–H groups in total. The van der Waals surface area contributed by atoms with Crippen molar-refractivity contribution in [2.45, 2.75) is 13.0 Å². The van der Waals surface area contributed by atoms with Crippen molar-refractivity contribution in [1.29, 1.82) is 0 Å². The van der Waals surface area contributed by atoms with Gasteiger partial charge in [0.1, 0.15) is 12.1 Å². The average Bonchev–Trinajstić information content (AvgIpc) is 2.29. The zero-order valence-corrected chi connectivity index (χ0v) is 8.89. The normalized spacial score (nSPS) is 21.7. The molecule has 15 heavy (non-hydrogen) atoms. The van der Waals surface area contributed by atoms with E-state index in [1.165, 1.54) is 0 Å². The third-order valence-corrected chi connectivity index (χ3v) is 2.52. The van der Waals surface area contributed by atoms with Crippen LogP contribution in [-0.4, -0.2) is 42.3 Å². The lowest BCUT2D eigenvalue weighted by molar-refractivity contribution is 0.0463. The van der Waals surface area contributed by atoms with Gasteiger partial charge in [0.25, 0.3) is 0 Å². The SMILES string of the molecule is Cc1cc(N2CCOC(CN)C2)ncn1. The van der Waals surface area contributed by atoms with E-state index < -0.39 is 0 Å². The number of nitrogens with two attached hydrogens (primary N) is 1. The van der Waals surface area contributed by atoms with E-state index in [0.29, 0.717) is 13.2 Å². The molecule has 5 nitrogen and oxygen atoms in total. The smallest absolute Gasteiger partial charge is 0.132 e. The summed E-state index contributed by atoms with van der Waals surface area (Å²) < 4.78 is 5.50. The molecule has 0 saturated carbocycles. The molecule has 1 saturated heterocycles. The number of nitrogens with zero attached hydrogens (tertiary/aromatic N) is 3. The summed E-state index contributed by atoms with van der Waals surface area (Å²) in [4.78, 5) is 10.5.